The van der Waals surface area contributed by atoms with Crippen LogP contribution in [0.3, 0.4) is 0 Å². The first-order chi connectivity index (χ1) is 7.00. The Morgan fingerprint density at radius 2 is 1.13 bits per heavy atom. The minimum Gasteiger partial charge on any atom is -0.857 e. The Morgan fingerprint density at radius 1 is 0.800 bits per heavy atom. The van der Waals surface area contributed by atoms with Gasteiger partial charge in [0.25, 0.3) is 0 Å². The molecule has 0 aromatic heterocycles. The Labute approximate surface area is 112 Å². The van der Waals surface area contributed by atoms with Gasteiger partial charge in [0.1, 0.15) is 0 Å². The summed E-state index contributed by atoms with van der Waals surface area (Å²) in [6, 6.07) is 0. The molecule has 0 bridgehead atoms. The van der Waals surface area contributed by atoms with Crippen molar-refractivity contribution in [3.8, 4) is 0 Å². The smallest absolute Gasteiger partial charge is 0.857 e. The van der Waals surface area contributed by atoms with Crippen LogP contribution in [0.4, 0.5) is 0 Å². The zero-order valence-corrected chi connectivity index (χ0v) is 11.7. The van der Waals surface area contributed by atoms with Gasteiger partial charge in [0.2, 0.25) is 0 Å². The molecule has 0 aromatic carbocycles. The van der Waals surface area contributed by atoms with E-state index in [1.165, 1.54) is 0 Å². The third-order valence-electron chi connectivity index (χ3n) is 1.17. The molecule has 0 aliphatic heterocycles. The summed E-state index contributed by atoms with van der Waals surface area (Å²) in [7, 11) is 1.50. The van der Waals surface area contributed by atoms with Crippen molar-refractivity contribution in [1.82, 2.24) is 0 Å². The Balaban J connectivity index is -0.000000138. The van der Waals surface area contributed by atoms with Gasteiger partial charge in [-0.05, 0) is 0 Å². The molecule has 2 aliphatic carbocycles. The molecule has 0 atom stereocenters. The van der Waals surface area contributed by atoms with E-state index in [2.05, 4.69) is 24.3 Å². The van der Waals surface area contributed by atoms with E-state index in [4.69, 9.17) is 10.2 Å². The van der Waals surface area contributed by atoms with Crippen LogP contribution in [0.15, 0.2) is 36.5 Å². The van der Waals surface area contributed by atoms with Crippen molar-refractivity contribution in [1.29, 1.82) is 0 Å². The second-order valence-electron chi connectivity index (χ2n) is 2.01. The maximum atomic E-state index is 8.25. The topological polar surface area (TPSA) is 46.1 Å². The third kappa shape index (κ3) is 20.0. The number of hydrogen-bond acceptors (Lipinski definition) is 2. The fourth-order valence-corrected chi connectivity index (χ4v) is 0.680. The van der Waals surface area contributed by atoms with Crippen LogP contribution in [0, 0.1) is 12.2 Å². The van der Waals surface area contributed by atoms with Gasteiger partial charge < -0.3 is 10.2 Å². The van der Waals surface area contributed by atoms with E-state index >= 15 is 0 Å². The zero-order valence-electron chi connectivity index (χ0n) is 9.19. The Hall–Kier alpha value is -0.237. The van der Waals surface area contributed by atoms with Crippen molar-refractivity contribution < 1.29 is 36.4 Å². The Morgan fingerprint density at radius 3 is 1.20 bits per heavy atom. The molecule has 2 aliphatic rings. The van der Waals surface area contributed by atoms with Crippen LogP contribution in [0.5, 0.6) is 0 Å². The summed E-state index contributed by atoms with van der Waals surface area (Å²) >= 11 is 0. The van der Waals surface area contributed by atoms with Gasteiger partial charge in [-0.3, -0.25) is 12.2 Å². The monoisotopic (exact) mass is 282 g/mol. The minimum atomic E-state index is 0. The predicted octanol–water partition coefficient (Wildman–Crippen LogP) is 0.562. The molecule has 0 radical (unpaired) electrons. The van der Waals surface area contributed by atoms with Crippen molar-refractivity contribution >= 4 is 0 Å². The van der Waals surface area contributed by atoms with E-state index in [1.54, 1.807) is 0 Å². The number of allylic oxidation sites excluding steroid dienone is 8. The predicted molar refractivity (Wildman–Crippen MR) is 55.0 cm³/mol. The summed E-state index contributed by atoms with van der Waals surface area (Å²) in [4.78, 5) is 0. The van der Waals surface area contributed by atoms with Crippen molar-refractivity contribution in [3.05, 3.63) is 48.6 Å². The van der Waals surface area contributed by atoms with Crippen molar-refractivity contribution in [2.24, 2.45) is 0 Å². The summed E-state index contributed by atoms with van der Waals surface area (Å²) in [5, 5.41) is 16.5. The first-order valence-corrected chi connectivity index (χ1v) is 4.25. The molecular formula is C12H16O2Zr. The van der Waals surface area contributed by atoms with Crippen molar-refractivity contribution in [2.45, 2.75) is 12.8 Å². The molecular weight excluding hydrogens is 267 g/mol. The zero-order chi connectivity index (χ0) is 11.1. The van der Waals surface area contributed by atoms with Gasteiger partial charge in [0.15, 0.2) is 0 Å². The SMILES string of the molecule is C[O-].C[O-].[C-]1=CC=CC1.[C-]1=CC=CC1.[Zr+4]. The molecule has 0 aromatic rings. The largest absolute Gasteiger partial charge is 4.00 e. The van der Waals surface area contributed by atoms with Gasteiger partial charge in [-0.15, -0.1) is 12.8 Å². The second-order valence-corrected chi connectivity index (χ2v) is 2.01. The average molecular weight is 283 g/mol. The molecule has 0 saturated heterocycles. The van der Waals surface area contributed by atoms with E-state index < -0.39 is 0 Å². The van der Waals surface area contributed by atoms with Gasteiger partial charge in [-0.25, -0.2) is 24.3 Å². The average Bonchev–Trinajstić information content (AvgIpc) is 3.01. The summed E-state index contributed by atoms with van der Waals surface area (Å²) in [6.45, 7) is 0. The Bertz CT molecular complexity index is 152. The number of hydrogen-bond donors (Lipinski definition) is 0. The molecule has 15 heavy (non-hydrogen) atoms. The first-order valence-electron chi connectivity index (χ1n) is 4.25. The summed E-state index contributed by atoms with van der Waals surface area (Å²) < 4.78 is 0. The number of rotatable bonds is 0. The summed E-state index contributed by atoms with van der Waals surface area (Å²) in [5.74, 6) is 0. The fraction of sp³-hybridized carbons (Fsp3) is 0.333. The van der Waals surface area contributed by atoms with Crippen molar-refractivity contribution in [3.63, 3.8) is 0 Å². The molecule has 0 fully saturated rings. The first kappa shape index (κ1) is 20.2. The van der Waals surface area contributed by atoms with Crippen LogP contribution in [0.25, 0.3) is 0 Å². The van der Waals surface area contributed by atoms with E-state index in [0.717, 1.165) is 27.1 Å². The fourth-order valence-electron chi connectivity index (χ4n) is 0.680. The maximum absolute atomic E-state index is 8.25. The normalized spacial score (nSPS) is 12.5. The van der Waals surface area contributed by atoms with Gasteiger partial charge in [0, 0.05) is 0 Å². The van der Waals surface area contributed by atoms with Gasteiger partial charge in [-0.1, -0.05) is 0 Å². The van der Waals surface area contributed by atoms with E-state index in [0.29, 0.717) is 0 Å². The standard InChI is InChI=1S/2C5H5.2CH3O.Zr/c2*1-2-4-5-3-1;2*1-2;/h2*1-3H,4H2;2*1H3;/q4*-1;+4. The quantitative estimate of drug-likeness (QED) is 0.610. The van der Waals surface area contributed by atoms with E-state index in [1.807, 2.05) is 24.3 Å². The van der Waals surface area contributed by atoms with Gasteiger partial charge in [0.05, 0.1) is 0 Å². The molecule has 2 rings (SSSR count). The van der Waals surface area contributed by atoms with Crippen LogP contribution in [-0.4, -0.2) is 14.2 Å². The van der Waals surface area contributed by atoms with Crippen molar-refractivity contribution in [2.75, 3.05) is 14.2 Å². The van der Waals surface area contributed by atoms with E-state index in [-0.39, 0.29) is 26.2 Å². The molecule has 0 amide bonds. The van der Waals surface area contributed by atoms with Crippen LogP contribution in [0.1, 0.15) is 12.8 Å². The third-order valence-corrected chi connectivity index (χ3v) is 1.17. The Kier molecular flexibility index (Phi) is 31.7. The van der Waals surface area contributed by atoms with Gasteiger partial charge in [-0.2, -0.15) is 26.4 Å². The molecule has 0 spiro atoms. The van der Waals surface area contributed by atoms with Crippen LogP contribution >= 0.6 is 0 Å². The second kappa shape index (κ2) is 23.5. The maximum Gasteiger partial charge on any atom is 4.00 e. The molecule has 0 N–H and O–H groups in total. The van der Waals surface area contributed by atoms with Crippen LogP contribution in [0.2, 0.25) is 0 Å². The summed E-state index contributed by atoms with van der Waals surface area (Å²) in [5.41, 5.74) is 0. The van der Waals surface area contributed by atoms with Crippen LogP contribution in [-0.2, 0) is 26.2 Å². The minimum absolute atomic E-state index is 0. The molecule has 80 valence electrons. The van der Waals surface area contributed by atoms with Crippen LogP contribution < -0.4 is 10.2 Å². The molecule has 2 nitrogen and oxygen atoms in total. The summed E-state index contributed by atoms with van der Waals surface area (Å²) in [6.07, 6.45) is 20.0. The van der Waals surface area contributed by atoms with E-state index in [9.17, 15) is 0 Å². The van der Waals surface area contributed by atoms with Gasteiger partial charge >= 0.3 is 26.2 Å². The molecule has 3 heteroatoms. The molecule has 0 saturated carbocycles. The molecule has 0 unspecified atom stereocenters. The molecule has 0 heterocycles.